The van der Waals surface area contributed by atoms with Gasteiger partial charge in [-0.3, -0.25) is 4.79 Å². The predicted molar refractivity (Wildman–Crippen MR) is 281 cm³/mol. The number of aliphatic hydroxyl groups is 2. The number of allylic oxidation sites excluding steroid dienone is 7. The lowest BCUT2D eigenvalue weighted by Crippen LogP contribution is -2.45. The number of rotatable bonds is 52. The number of amides is 1. The van der Waals surface area contributed by atoms with Crippen LogP contribution in [0.4, 0.5) is 0 Å². The van der Waals surface area contributed by atoms with Gasteiger partial charge in [-0.25, -0.2) is 0 Å². The van der Waals surface area contributed by atoms with Gasteiger partial charge in [0.25, 0.3) is 0 Å². The molecule has 0 radical (unpaired) electrons. The second-order valence-corrected chi connectivity index (χ2v) is 19.3. The van der Waals surface area contributed by atoms with Crippen LogP contribution in [0.15, 0.2) is 48.6 Å². The third kappa shape index (κ3) is 51.2. The van der Waals surface area contributed by atoms with Crippen LogP contribution in [0.2, 0.25) is 0 Å². The first-order valence-electron chi connectivity index (χ1n) is 28.4. The zero-order valence-electron chi connectivity index (χ0n) is 42.6. The molecule has 0 aromatic carbocycles. The molecule has 0 aromatic rings. The van der Waals surface area contributed by atoms with Gasteiger partial charge in [0.05, 0.1) is 18.8 Å². The van der Waals surface area contributed by atoms with Gasteiger partial charge in [-0.1, -0.05) is 274 Å². The van der Waals surface area contributed by atoms with E-state index in [-0.39, 0.29) is 12.5 Å². The molecule has 4 heteroatoms. The molecule has 63 heavy (non-hydrogen) atoms. The van der Waals surface area contributed by atoms with Crippen molar-refractivity contribution in [3.63, 3.8) is 0 Å². The summed E-state index contributed by atoms with van der Waals surface area (Å²) in [6.07, 6.45) is 75.6. The molecule has 0 bridgehead atoms. The van der Waals surface area contributed by atoms with E-state index < -0.39 is 12.1 Å². The molecule has 3 N–H and O–H groups in total. The van der Waals surface area contributed by atoms with Crippen LogP contribution in [0.1, 0.15) is 303 Å². The molecular formula is C59H111NO3. The normalized spacial score (nSPS) is 13.1. The Hall–Kier alpha value is -1.65. The number of hydrogen-bond acceptors (Lipinski definition) is 3. The van der Waals surface area contributed by atoms with Crippen LogP contribution in [0.25, 0.3) is 0 Å². The maximum atomic E-state index is 12.5. The second-order valence-electron chi connectivity index (χ2n) is 19.3. The monoisotopic (exact) mass is 882 g/mol. The molecule has 370 valence electrons. The van der Waals surface area contributed by atoms with Crippen molar-refractivity contribution in [3.05, 3.63) is 48.6 Å². The van der Waals surface area contributed by atoms with E-state index in [1.165, 1.54) is 244 Å². The van der Waals surface area contributed by atoms with Gasteiger partial charge in [0.2, 0.25) is 5.91 Å². The van der Waals surface area contributed by atoms with Crippen LogP contribution in [0.5, 0.6) is 0 Å². The predicted octanol–water partition coefficient (Wildman–Crippen LogP) is 18.6. The topological polar surface area (TPSA) is 69.6 Å². The molecule has 0 spiro atoms. The number of aliphatic hydroxyl groups excluding tert-OH is 2. The zero-order valence-corrected chi connectivity index (χ0v) is 42.6. The molecule has 0 aliphatic heterocycles. The van der Waals surface area contributed by atoms with Gasteiger partial charge < -0.3 is 15.5 Å². The molecular weight excluding hydrogens is 771 g/mol. The highest BCUT2D eigenvalue weighted by atomic mass is 16.3. The summed E-state index contributed by atoms with van der Waals surface area (Å²) in [5, 5.41) is 23.1. The summed E-state index contributed by atoms with van der Waals surface area (Å²) in [4.78, 5) is 12.5. The average molecular weight is 883 g/mol. The lowest BCUT2D eigenvalue weighted by atomic mass is 10.0. The van der Waals surface area contributed by atoms with Crippen molar-refractivity contribution in [3.8, 4) is 0 Å². The summed E-state index contributed by atoms with van der Waals surface area (Å²) in [5.74, 6) is -0.0738. The summed E-state index contributed by atoms with van der Waals surface area (Å²) >= 11 is 0. The summed E-state index contributed by atoms with van der Waals surface area (Å²) in [6, 6.07) is -0.646. The minimum Gasteiger partial charge on any atom is -0.394 e. The second kappa shape index (κ2) is 54.7. The number of carbonyl (C=O) groups excluding carboxylic acids is 1. The Morgan fingerprint density at radius 1 is 0.365 bits per heavy atom. The van der Waals surface area contributed by atoms with Crippen molar-refractivity contribution in [1.82, 2.24) is 5.32 Å². The Morgan fingerprint density at radius 2 is 0.619 bits per heavy atom. The van der Waals surface area contributed by atoms with Crippen molar-refractivity contribution in [2.24, 2.45) is 0 Å². The minimum absolute atomic E-state index is 0.0738. The molecule has 2 atom stereocenters. The molecule has 0 saturated heterocycles. The summed E-state index contributed by atoms with van der Waals surface area (Å²) in [5.41, 5.74) is 0. The maximum Gasteiger partial charge on any atom is 0.220 e. The molecule has 0 fully saturated rings. The lowest BCUT2D eigenvalue weighted by Gasteiger charge is -2.19. The summed E-state index contributed by atoms with van der Waals surface area (Å²) in [6.45, 7) is 4.32. The minimum atomic E-state index is -0.870. The first-order chi connectivity index (χ1) is 31.2. The zero-order chi connectivity index (χ0) is 45.6. The Bertz CT molecular complexity index is 1000. The number of carbonyl (C=O) groups is 1. The van der Waals surface area contributed by atoms with E-state index in [0.29, 0.717) is 6.42 Å². The Kier molecular flexibility index (Phi) is 53.3. The highest BCUT2D eigenvalue weighted by Gasteiger charge is 2.18. The molecule has 0 aliphatic carbocycles. The van der Waals surface area contributed by atoms with E-state index in [1.54, 1.807) is 6.08 Å². The number of unbranched alkanes of at least 4 members (excludes halogenated alkanes) is 39. The smallest absolute Gasteiger partial charge is 0.220 e. The van der Waals surface area contributed by atoms with Crippen LogP contribution in [0.3, 0.4) is 0 Å². The van der Waals surface area contributed by atoms with Crippen molar-refractivity contribution in [2.45, 2.75) is 315 Å². The van der Waals surface area contributed by atoms with E-state index in [1.807, 2.05) is 6.08 Å². The Morgan fingerprint density at radius 3 is 0.921 bits per heavy atom. The lowest BCUT2D eigenvalue weighted by molar-refractivity contribution is -0.123. The van der Waals surface area contributed by atoms with Gasteiger partial charge in [-0.05, 0) is 70.6 Å². The van der Waals surface area contributed by atoms with Gasteiger partial charge in [0.1, 0.15) is 0 Å². The fourth-order valence-electron chi connectivity index (χ4n) is 8.68. The van der Waals surface area contributed by atoms with Crippen molar-refractivity contribution < 1.29 is 15.0 Å². The van der Waals surface area contributed by atoms with E-state index in [9.17, 15) is 15.0 Å². The average Bonchev–Trinajstić information content (AvgIpc) is 3.29. The quantitative estimate of drug-likeness (QED) is 0.0421. The van der Waals surface area contributed by atoms with Crippen molar-refractivity contribution in [2.75, 3.05) is 6.61 Å². The number of hydrogen-bond donors (Lipinski definition) is 3. The van der Waals surface area contributed by atoms with Crippen LogP contribution in [0, 0.1) is 0 Å². The van der Waals surface area contributed by atoms with E-state index in [2.05, 4.69) is 55.6 Å². The standard InChI is InChI=1S/C59H111NO3/c1-3-5-7-9-11-13-15-17-19-21-23-25-27-28-29-30-31-32-33-35-37-39-41-43-45-47-49-51-53-55-59(63)60-57(56-61)58(62)54-52-50-48-46-44-42-40-38-36-34-26-24-22-20-18-16-14-12-10-8-6-4-2/h21,23,36,38,44,46,52,54,57-58,61-62H,3-20,22,24-35,37,39-43,45,47-51,53,55-56H2,1-2H3,(H,60,63)/b23-21-,38-36+,46-44+,54-52+. The third-order valence-electron chi connectivity index (χ3n) is 13.0. The van der Waals surface area contributed by atoms with Gasteiger partial charge >= 0.3 is 0 Å². The van der Waals surface area contributed by atoms with E-state index >= 15 is 0 Å². The Labute approximate surface area is 394 Å². The SMILES string of the molecule is CCCCCCCCCC/C=C\CCCCCCCCCCCCCCCCCCCC(=O)NC(CO)C(O)/C=C/CC/C=C/CC/C=C/CCCCCCCCCCCCCC. The van der Waals surface area contributed by atoms with Crippen molar-refractivity contribution in [1.29, 1.82) is 0 Å². The molecule has 0 aliphatic rings. The highest BCUT2D eigenvalue weighted by Crippen LogP contribution is 2.16. The fraction of sp³-hybridized carbons (Fsp3) is 0.847. The summed E-state index contributed by atoms with van der Waals surface area (Å²) < 4.78 is 0. The third-order valence-corrected chi connectivity index (χ3v) is 13.0. The van der Waals surface area contributed by atoms with Gasteiger partial charge in [-0.2, -0.15) is 0 Å². The van der Waals surface area contributed by atoms with E-state index in [4.69, 9.17) is 0 Å². The summed E-state index contributed by atoms with van der Waals surface area (Å²) in [7, 11) is 0. The first-order valence-corrected chi connectivity index (χ1v) is 28.4. The number of nitrogens with one attached hydrogen (secondary N) is 1. The Balaban J connectivity index is 3.52. The molecule has 0 aromatic heterocycles. The fourth-order valence-corrected chi connectivity index (χ4v) is 8.68. The first kappa shape index (κ1) is 61.4. The molecule has 4 nitrogen and oxygen atoms in total. The van der Waals surface area contributed by atoms with Gasteiger partial charge in [0, 0.05) is 6.42 Å². The largest absolute Gasteiger partial charge is 0.394 e. The molecule has 1 amide bonds. The highest BCUT2D eigenvalue weighted by molar-refractivity contribution is 5.76. The maximum absolute atomic E-state index is 12.5. The van der Waals surface area contributed by atoms with Crippen molar-refractivity contribution >= 4 is 5.91 Å². The van der Waals surface area contributed by atoms with Gasteiger partial charge in [0.15, 0.2) is 0 Å². The molecule has 0 heterocycles. The molecule has 2 unspecified atom stereocenters. The van der Waals surface area contributed by atoms with Gasteiger partial charge in [-0.15, -0.1) is 0 Å². The molecule has 0 saturated carbocycles. The van der Waals surface area contributed by atoms with Crippen LogP contribution in [-0.2, 0) is 4.79 Å². The van der Waals surface area contributed by atoms with Crippen LogP contribution in [-0.4, -0.2) is 34.9 Å². The van der Waals surface area contributed by atoms with E-state index in [0.717, 1.165) is 38.5 Å². The molecule has 0 rings (SSSR count). The van der Waals surface area contributed by atoms with Crippen LogP contribution < -0.4 is 5.32 Å². The van der Waals surface area contributed by atoms with Crippen LogP contribution >= 0.6 is 0 Å².